The molecule has 1 fully saturated rings. The van der Waals surface area contributed by atoms with Crippen LogP contribution in [0.4, 0.5) is 0 Å². The quantitative estimate of drug-likeness (QED) is 0.732. The van der Waals surface area contributed by atoms with Crippen molar-refractivity contribution in [3.8, 4) is 5.75 Å². The maximum Gasteiger partial charge on any atom is 0.206 e. The molecule has 5 heteroatoms. The van der Waals surface area contributed by atoms with Crippen molar-refractivity contribution >= 4 is 9.84 Å². The minimum Gasteiger partial charge on any atom is -0.494 e. The van der Waals surface area contributed by atoms with Gasteiger partial charge in [0.15, 0.2) is 0 Å². The minimum absolute atomic E-state index is 0.257. The van der Waals surface area contributed by atoms with Crippen LogP contribution in [0, 0.1) is 6.92 Å². The van der Waals surface area contributed by atoms with Gasteiger partial charge in [0, 0.05) is 0 Å². The van der Waals surface area contributed by atoms with Crippen LogP contribution in [0.5, 0.6) is 5.75 Å². The van der Waals surface area contributed by atoms with Crippen molar-refractivity contribution in [3.63, 3.8) is 0 Å². The molecule has 1 atom stereocenters. The number of ether oxygens (including phenoxy) is 2. The van der Waals surface area contributed by atoms with Crippen LogP contribution in [-0.2, 0) is 21.0 Å². The molecule has 2 aromatic carbocycles. The predicted molar refractivity (Wildman–Crippen MR) is 87.2 cm³/mol. The highest BCUT2D eigenvalue weighted by atomic mass is 32.2. The Morgan fingerprint density at radius 2 is 1.61 bits per heavy atom. The van der Waals surface area contributed by atoms with Crippen molar-refractivity contribution in [2.75, 3.05) is 13.2 Å². The van der Waals surface area contributed by atoms with Gasteiger partial charge in [-0.3, -0.25) is 0 Å². The van der Waals surface area contributed by atoms with Gasteiger partial charge in [-0.15, -0.1) is 0 Å². The van der Waals surface area contributed by atoms with Crippen LogP contribution in [0.15, 0.2) is 58.3 Å². The lowest BCUT2D eigenvalue weighted by molar-refractivity contribution is 0.361. The molecule has 3 rings (SSSR count). The maximum atomic E-state index is 12.6. The van der Waals surface area contributed by atoms with Crippen LogP contribution in [0.1, 0.15) is 12.0 Å². The van der Waals surface area contributed by atoms with Gasteiger partial charge in [-0.2, -0.15) is 0 Å². The van der Waals surface area contributed by atoms with E-state index in [0.717, 1.165) is 25.0 Å². The smallest absolute Gasteiger partial charge is 0.206 e. The van der Waals surface area contributed by atoms with E-state index in [0.29, 0.717) is 23.4 Å². The van der Waals surface area contributed by atoms with E-state index in [1.807, 2.05) is 12.1 Å². The summed E-state index contributed by atoms with van der Waals surface area (Å²) >= 11 is 0. The lowest BCUT2D eigenvalue weighted by Crippen LogP contribution is -2.02. The van der Waals surface area contributed by atoms with Crippen molar-refractivity contribution < 1.29 is 17.9 Å². The number of benzene rings is 2. The van der Waals surface area contributed by atoms with Crippen LogP contribution in [0.3, 0.4) is 0 Å². The third-order valence-corrected chi connectivity index (χ3v) is 5.58. The number of rotatable bonds is 7. The van der Waals surface area contributed by atoms with Crippen molar-refractivity contribution in [1.82, 2.24) is 0 Å². The number of hydrogen-bond acceptors (Lipinski definition) is 4. The van der Waals surface area contributed by atoms with Gasteiger partial charge in [0.2, 0.25) is 9.84 Å². The average molecular weight is 331 g/mol. The Bertz CT molecular complexity index is 745. The van der Waals surface area contributed by atoms with Gasteiger partial charge in [-0.05, 0) is 61.7 Å². The fourth-order valence-corrected chi connectivity index (χ4v) is 3.63. The Morgan fingerprint density at radius 1 is 1.04 bits per heavy atom. The molecular formula is C18H19O4S. The lowest BCUT2D eigenvalue weighted by Gasteiger charge is -2.07. The van der Waals surface area contributed by atoms with Gasteiger partial charge in [-0.25, -0.2) is 8.42 Å². The topological polar surface area (TPSA) is 55.9 Å². The van der Waals surface area contributed by atoms with Gasteiger partial charge in [-0.1, -0.05) is 12.1 Å². The molecule has 2 aromatic rings. The average Bonchev–Trinajstić information content (AvgIpc) is 3.39. The molecule has 0 saturated carbocycles. The molecule has 121 valence electrons. The van der Waals surface area contributed by atoms with Crippen LogP contribution >= 0.6 is 0 Å². The summed E-state index contributed by atoms with van der Waals surface area (Å²) in [5.41, 5.74) is 1.12. The van der Waals surface area contributed by atoms with Gasteiger partial charge < -0.3 is 9.47 Å². The molecule has 0 amide bonds. The molecular weight excluding hydrogens is 312 g/mol. The highest BCUT2D eigenvalue weighted by molar-refractivity contribution is 7.91. The van der Waals surface area contributed by atoms with E-state index in [4.69, 9.17) is 9.47 Å². The van der Waals surface area contributed by atoms with E-state index >= 15 is 0 Å². The molecule has 1 aliphatic rings. The third-order valence-electron chi connectivity index (χ3n) is 3.79. The normalized spacial score (nSPS) is 17.0. The molecule has 23 heavy (non-hydrogen) atoms. The number of aryl methyl sites for hydroxylation is 1. The number of epoxide rings is 1. The van der Waals surface area contributed by atoms with Crippen molar-refractivity contribution in [1.29, 1.82) is 0 Å². The van der Waals surface area contributed by atoms with Crippen LogP contribution in [0.2, 0.25) is 0 Å². The SMILES string of the molecule is [CH2]COc1ccc(S(=O)(=O)c2ccc(CCC3CO3)cc2)cc1. The summed E-state index contributed by atoms with van der Waals surface area (Å²) < 4.78 is 35.6. The first kappa shape index (κ1) is 16.0. The van der Waals surface area contributed by atoms with Crippen molar-refractivity contribution in [3.05, 3.63) is 61.0 Å². The first-order chi connectivity index (χ1) is 11.1. The zero-order chi connectivity index (χ0) is 16.3. The first-order valence-corrected chi connectivity index (χ1v) is 9.05. The Hall–Kier alpha value is -1.85. The second kappa shape index (κ2) is 6.72. The molecule has 0 spiro atoms. The van der Waals surface area contributed by atoms with E-state index in [2.05, 4.69) is 6.92 Å². The summed E-state index contributed by atoms with van der Waals surface area (Å²) in [6.45, 7) is 4.74. The fourth-order valence-electron chi connectivity index (χ4n) is 2.37. The molecule has 0 bridgehead atoms. The summed E-state index contributed by atoms with van der Waals surface area (Å²) in [6.07, 6.45) is 2.28. The second-order valence-corrected chi connectivity index (χ2v) is 7.41. The predicted octanol–water partition coefficient (Wildman–Crippen LogP) is 3.06. The zero-order valence-electron chi connectivity index (χ0n) is 12.8. The monoisotopic (exact) mass is 331 g/mol. The van der Waals surface area contributed by atoms with Gasteiger partial charge in [0.1, 0.15) is 5.75 Å². The fraction of sp³-hybridized carbons (Fsp3) is 0.278. The van der Waals surface area contributed by atoms with Crippen LogP contribution in [-0.4, -0.2) is 27.7 Å². The van der Waals surface area contributed by atoms with Crippen LogP contribution < -0.4 is 4.74 Å². The summed E-state index contributed by atoms with van der Waals surface area (Å²) in [7, 11) is -3.50. The molecule has 1 unspecified atom stereocenters. The second-order valence-electron chi connectivity index (χ2n) is 5.46. The van der Waals surface area contributed by atoms with E-state index in [1.54, 1.807) is 36.4 Å². The van der Waals surface area contributed by atoms with Crippen molar-refractivity contribution in [2.45, 2.75) is 28.7 Å². The number of hydrogen-bond donors (Lipinski definition) is 0. The summed E-state index contributed by atoms with van der Waals surface area (Å²) in [5, 5.41) is 0. The van der Waals surface area contributed by atoms with Gasteiger partial charge >= 0.3 is 0 Å². The Labute approximate surface area is 137 Å². The minimum atomic E-state index is -3.50. The van der Waals surface area contributed by atoms with Crippen LogP contribution in [0.25, 0.3) is 0 Å². The first-order valence-electron chi connectivity index (χ1n) is 7.57. The molecule has 4 nitrogen and oxygen atoms in total. The molecule has 1 heterocycles. The Kier molecular flexibility index (Phi) is 4.68. The highest BCUT2D eigenvalue weighted by Crippen LogP contribution is 2.24. The van der Waals surface area contributed by atoms with Gasteiger partial charge in [0.05, 0.1) is 29.1 Å². The summed E-state index contributed by atoms with van der Waals surface area (Å²) in [5.74, 6) is 0.608. The van der Waals surface area contributed by atoms with E-state index < -0.39 is 9.84 Å². The maximum absolute atomic E-state index is 12.6. The van der Waals surface area contributed by atoms with Crippen molar-refractivity contribution in [2.24, 2.45) is 0 Å². The summed E-state index contributed by atoms with van der Waals surface area (Å²) in [6, 6.07) is 13.5. The standard InChI is InChI=1S/C18H19O4S/c1-2-21-15-7-11-18(12-8-15)23(19,20)17-9-4-14(5-10-17)3-6-16-13-22-16/h4-5,7-12,16H,1-3,6,13H2. The molecule has 1 saturated heterocycles. The van der Waals surface area contributed by atoms with Gasteiger partial charge in [0.25, 0.3) is 0 Å². The molecule has 1 aliphatic heterocycles. The van der Waals surface area contributed by atoms with E-state index in [9.17, 15) is 8.42 Å². The largest absolute Gasteiger partial charge is 0.494 e. The molecule has 1 radical (unpaired) electrons. The molecule has 0 aromatic heterocycles. The highest BCUT2D eigenvalue weighted by Gasteiger charge is 2.22. The number of sulfone groups is 1. The Morgan fingerprint density at radius 3 is 2.13 bits per heavy atom. The zero-order valence-corrected chi connectivity index (χ0v) is 13.6. The summed E-state index contributed by atoms with van der Waals surface area (Å²) in [4.78, 5) is 0.558. The van der Waals surface area contributed by atoms with E-state index in [-0.39, 0.29) is 4.90 Å². The molecule has 0 N–H and O–H groups in total. The lowest BCUT2D eigenvalue weighted by atomic mass is 10.1. The third kappa shape index (κ3) is 3.92. The Balaban J connectivity index is 1.75. The molecule has 0 aliphatic carbocycles. The van der Waals surface area contributed by atoms with E-state index in [1.165, 1.54) is 0 Å².